The minimum atomic E-state index is 0. The third-order valence-corrected chi connectivity index (χ3v) is 6.20. The fourth-order valence-corrected chi connectivity index (χ4v) is 3.96. The average Bonchev–Trinajstić information content (AvgIpc) is 2.71. The van der Waals surface area contributed by atoms with E-state index < -0.39 is 0 Å². The Balaban J connectivity index is 0. The third-order valence-electron chi connectivity index (χ3n) is 6.20. The van der Waals surface area contributed by atoms with Gasteiger partial charge in [0.05, 0.1) is 33.4 Å². The molecule has 0 radical (unpaired) electrons. The molecule has 0 aromatic carbocycles. The van der Waals surface area contributed by atoms with Gasteiger partial charge in [-0.2, -0.15) is 0 Å². The molecule has 0 aliphatic carbocycles. The number of quaternary nitrogens is 1. The first kappa shape index (κ1) is 32.8. The van der Waals surface area contributed by atoms with E-state index >= 15 is 0 Å². The van der Waals surface area contributed by atoms with Crippen molar-refractivity contribution < 1.29 is 19.8 Å². The summed E-state index contributed by atoms with van der Waals surface area (Å²) in [6, 6.07) is 0. The topological polar surface area (TPSA) is 75.9 Å². The molecule has 0 fully saturated rings. The molecule has 0 aliphatic heterocycles. The van der Waals surface area contributed by atoms with Crippen LogP contribution in [-0.4, -0.2) is 67.0 Å². The minimum absolute atomic E-state index is 0. The van der Waals surface area contributed by atoms with E-state index in [9.17, 15) is 5.11 Å². The number of rotatable bonds is 23. The van der Waals surface area contributed by atoms with E-state index in [0.717, 1.165) is 12.8 Å². The van der Waals surface area contributed by atoms with Crippen molar-refractivity contribution in [1.29, 1.82) is 0 Å². The van der Waals surface area contributed by atoms with Crippen LogP contribution in [0, 0.1) is 0 Å². The maximum absolute atomic E-state index is 11.9. The molecule has 188 valence electrons. The molecule has 0 aromatic heterocycles. The van der Waals surface area contributed by atoms with Crippen LogP contribution in [0.25, 0.3) is 0 Å². The average molecular weight is 465 g/mol. The van der Waals surface area contributed by atoms with Crippen LogP contribution in [-0.2, 0) is 0 Å². The fraction of sp³-hybridized carbons (Fsp3) is 0.960. The van der Waals surface area contributed by atoms with Gasteiger partial charge >= 0.3 is 0 Å². The van der Waals surface area contributed by atoms with Gasteiger partial charge in [0, 0.05) is 0 Å². The highest BCUT2D eigenvalue weighted by molar-refractivity contribution is 5.85. The molecule has 2 N–H and O–H groups in total. The molecule has 0 saturated carbocycles. The van der Waals surface area contributed by atoms with Crippen LogP contribution in [0.1, 0.15) is 110 Å². The number of hydrogen-bond donors (Lipinski definition) is 2. The molecule has 0 aliphatic rings. The fourth-order valence-electron chi connectivity index (χ4n) is 3.96. The smallest absolute Gasteiger partial charge is 0.102 e. The van der Waals surface area contributed by atoms with Crippen LogP contribution >= 0.6 is 12.4 Å². The van der Waals surface area contributed by atoms with Gasteiger partial charge < -0.3 is 19.8 Å². The highest BCUT2D eigenvalue weighted by atomic mass is 35.5. The Labute approximate surface area is 199 Å². The molecule has 31 heavy (non-hydrogen) atoms. The third kappa shape index (κ3) is 22.6. The van der Waals surface area contributed by atoms with Crippen molar-refractivity contribution in [3.05, 3.63) is 0 Å². The van der Waals surface area contributed by atoms with E-state index in [1.165, 1.54) is 83.5 Å². The summed E-state index contributed by atoms with van der Waals surface area (Å²) in [5.41, 5.74) is 0. The van der Waals surface area contributed by atoms with Crippen LogP contribution in [0.15, 0.2) is 4.99 Å². The Bertz CT molecular complexity index is 389. The van der Waals surface area contributed by atoms with Crippen LogP contribution in [0.3, 0.4) is 0 Å². The maximum Gasteiger partial charge on any atom is 0.102 e. The summed E-state index contributed by atoms with van der Waals surface area (Å²) in [6.45, 7) is 4.79. The summed E-state index contributed by atoms with van der Waals surface area (Å²) in [5.74, 6) is 0.00393. The number of hydrogen-bond acceptors (Lipinski definition) is 4. The maximum atomic E-state index is 11.9. The predicted molar refractivity (Wildman–Crippen MR) is 134 cm³/mol. The van der Waals surface area contributed by atoms with Gasteiger partial charge in [-0.1, -0.05) is 96.8 Å². The predicted octanol–water partition coefficient (Wildman–Crippen LogP) is 4.86. The van der Waals surface area contributed by atoms with E-state index in [1.807, 2.05) is 7.05 Å². The van der Waals surface area contributed by atoms with Crippen LogP contribution in [0.5, 0.6) is 0 Å². The zero-order chi connectivity index (χ0) is 22.3. The van der Waals surface area contributed by atoms with Gasteiger partial charge in [-0.25, -0.2) is 0 Å². The van der Waals surface area contributed by atoms with Crippen LogP contribution in [0.4, 0.5) is 0 Å². The lowest BCUT2D eigenvalue weighted by atomic mass is 10.0. The number of aliphatic imine (C=N–C) groups is 1. The first-order valence-electron chi connectivity index (χ1n) is 12.8. The summed E-state index contributed by atoms with van der Waals surface area (Å²) < 4.78 is 0.558. The number of unbranched alkanes of at least 4 members (excludes halogenated alkanes) is 14. The summed E-state index contributed by atoms with van der Waals surface area (Å²) in [4.78, 5) is 4.16. The lowest BCUT2D eigenvalue weighted by Gasteiger charge is -2.33. The highest BCUT2D eigenvalue weighted by Crippen LogP contribution is 2.13. The molecule has 0 aromatic rings. The molecule has 0 saturated heterocycles. The molecule has 6 heteroatoms. The summed E-state index contributed by atoms with van der Waals surface area (Å²) in [7, 11) is 1.99. The monoisotopic (exact) mass is 464 g/mol. The lowest BCUT2D eigenvalue weighted by molar-refractivity contribution is -0.908. The Morgan fingerprint density at radius 2 is 1.06 bits per heavy atom. The molecule has 0 amide bonds. The van der Waals surface area contributed by atoms with Gasteiger partial charge in [-0.3, -0.25) is 4.99 Å². The van der Waals surface area contributed by atoms with Crippen LogP contribution < -0.4 is 5.11 Å². The standard InChI is InChI=1S/C25H52N2O3.ClH/c1-3-4-5-6-7-8-9-10-11-12-13-14-15-16-17-18-25(30)26-19-20-27(2,21-23-28)22-24-29;/h28-29H,3-24H2,1-2H3;1H. The quantitative estimate of drug-likeness (QED) is 0.0980. The number of halogens is 1. The van der Waals surface area contributed by atoms with Gasteiger partial charge in [0.1, 0.15) is 13.1 Å². The van der Waals surface area contributed by atoms with E-state index in [4.69, 9.17) is 10.2 Å². The van der Waals surface area contributed by atoms with Gasteiger partial charge in [0.2, 0.25) is 0 Å². The Hall–Kier alpha value is -0.360. The Morgan fingerprint density at radius 3 is 1.45 bits per heavy atom. The van der Waals surface area contributed by atoms with Gasteiger partial charge in [-0.05, 0) is 18.7 Å². The number of nitrogens with zero attached hydrogens (tertiary/aromatic N) is 2. The van der Waals surface area contributed by atoms with E-state index in [2.05, 4.69) is 11.9 Å². The van der Waals surface area contributed by atoms with E-state index in [-0.39, 0.29) is 31.5 Å². The molecule has 0 heterocycles. The van der Waals surface area contributed by atoms with Crippen molar-refractivity contribution in [1.82, 2.24) is 0 Å². The molecular weight excluding hydrogens is 412 g/mol. The number of likely N-dealkylation sites (N-methyl/N-ethyl adjacent to an activating group) is 1. The van der Waals surface area contributed by atoms with Crippen molar-refractivity contribution >= 4 is 18.3 Å². The van der Waals surface area contributed by atoms with E-state index in [0.29, 0.717) is 37.1 Å². The molecule has 5 nitrogen and oxygen atoms in total. The SMILES string of the molecule is CCCCCCCCCCCCCCCCCC([O-])=NCC[N+](C)(CCO)CCO.Cl. The number of aliphatic hydroxyl groups is 2. The molecule has 0 bridgehead atoms. The van der Waals surface area contributed by atoms with Gasteiger partial charge in [0.25, 0.3) is 0 Å². The van der Waals surface area contributed by atoms with Crippen molar-refractivity contribution in [3.63, 3.8) is 0 Å². The second-order valence-electron chi connectivity index (χ2n) is 9.21. The molecule has 0 spiro atoms. The van der Waals surface area contributed by atoms with Crippen molar-refractivity contribution in [2.24, 2.45) is 4.99 Å². The normalized spacial score (nSPS) is 12.2. The van der Waals surface area contributed by atoms with Crippen molar-refractivity contribution in [3.8, 4) is 0 Å². The molecule has 0 rings (SSSR count). The second-order valence-corrected chi connectivity index (χ2v) is 9.21. The first-order chi connectivity index (χ1) is 14.6. The summed E-state index contributed by atoms with van der Waals surface area (Å²) in [6.07, 6.45) is 20.5. The molecular formula is C25H53ClN2O3. The van der Waals surface area contributed by atoms with Gasteiger partial charge in [-0.15, -0.1) is 12.4 Å². The lowest BCUT2D eigenvalue weighted by Crippen LogP contribution is -2.49. The summed E-state index contributed by atoms with van der Waals surface area (Å²) in [5, 5.41) is 30.2. The number of aliphatic hydroxyl groups excluding tert-OH is 2. The van der Waals surface area contributed by atoms with Crippen LogP contribution in [0.2, 0.25) is 0 Å². The first-order valence-corrected chi connectivity index (χ1v) is 12.8. The molecule has 0 atom stereocenters. The van der Waals surface area contributed by atoms with Gasteiger partial charge in [0.15, 0.2) is 0 Å². The second kappa shape index (κ2) is 24.3. The van der Waals surface area contributed by atoms with Crippen molar-refractivity contribution in [2.75, 3.05) is 46.4 Å². The summed E-state index contributed by atoms with van der Waals surface area (Å²) >= 11 is 0. The Morgan fingerprint density at radius 1 is 0.677 bits per heavy atom. The molecule has 0 unspecified atom stereocenters. The Kier molecular flexibility index (Phi) is 25.7. The zero-order valence-electron chi connectivity index (χ0n) is 20.7. The zero-order valence-corrected chi connectivity index (χ0v) is 21.5. The van der Waals surface area contributed by atoms with E-state index in [1.54, 1.807) is 0 Å². The highest BCUT2D eigenvalue weighted by Gasteiger charge is 2.19. The largest absolute Gasteiger partial charge is 0.862 e. The minimum Gasteiger partial charge on any atom is -0.862 e. The van der Waals surface area contributed by atoms with Crippen molar-refractivity contribution in [2.45, 2.75) is 110 Å².